The normalized spacial score (nSPS) is 19.7. The fourth-order valence-electron chi connectivity index (χ4n) is 2.59. The maximum Gasteiger partial charge on any atom is 0.0414 e. The molecule has 2 nitrogen and oxygen atoms in total. The molecule has 0 amide bonds. The molecule has 1 aromatic carbocycles. The van der Waals surface area contributed by atoms with Crippen LogP contribution in [0.5, 0.6) is 0 Å². The maximum absolute atomic E-state index is 3.28. The standard InChI is InChI=1S/C14H22N2/c1-4-11-5-8-14-12(9-11)6-7-13(10-15-2)16(14)3/h5,8-9,13,15H,4,6-7,10H2,1-3H3. The molecule has 1 aromatic rings. The Morgan fingerprint density at radius 1 is 1.44 bits per heavy atom. The summed E-state index contributed by atoms with van der Waals surface area (Å²) in [6, 6.07) is 7.57. The number of benzene rings is 1. The van der Waals surface area contributed by atoms with Gasteiger partial charge in [0.2, 0.25) is 0 Å². The van der Waals surface area contributed by atoms with Gasteiger partial charge in [-0.2, -0.15) is 0 Å². The minimum Gasteiger partial charge on any atom is -0.370 e. The van der Waals surface area contributed by atoms with Gasteiger partial charge in [-0.15, -0.1) is 0 Å². The van der Waals surface area contributed by atoms with Gasteiger partial charge < -0.3 is 10.2 Å². The van der Waals surface area contributed by atoms with Crippen molar-refractivity contribution in [1.29, 1.82) is 0 Å². The summed E-state index contributed by atoms with van der Waals surface area (Å²) in [5.41, 5.74) is 4.40. The lowest BCUT2D eigenvalue weighted by Crippen LogP contribution is -2.42. The van der Waals surface area contributed by atoms with Crippen LogP contribution in [-0.4, -0.2) is 26.7 Å². The van der Waals surface area contributed by atoms with Crippen LogP contribution in [0.1, 0.15) is 24.5 Å². The Morgan fingerprint density at radius 2 is 2.25 bits per heavy atom. The van der Waals surface area contributed by atoms with Gasteiger partial charge in [0, 0.05) is 25.3 Å². The third kappa shape index (κ3) is 2.07. The molecule has 88 valence electrons. The highest BCUT2D eigenvalue weighted by atomic mass is 15.2. The van der Waals surface area contributed by atoms with Crippen LogP contribution in [0, 0.1) is 0 Å². The van der Waals surface area contributed by atoms with Gasteiger partial charge in [0.1, 0.15) is 0 Å². The molecule has 0 fully saturated rings. The van der Waals surface area contributed by atoms with Crippen LogP contribution < -0.4 is 10.2 Å². The van der Waals surface area contributed by atoms with Crippen molar-refractivity contribution in [2.75, 3.05) is 25.5 Å². The van der Waals surface area contributed by atoms with E-state index in [9.17, 15) is 0 Å². The molecule has 0 aromatic heterocycles. The lowest BCUT2D eigenvalue weighted by atomic mass is 9.94. The number of fused-ring (bicyclic) bond motifs is 1. The minimum atomic E-state index is 0.643. The molecule has 1 heterocycles. The first kappa shape index (κ1) is 11.5. The number of aryl methyl sites for hydroxylation is 2. The van der Waals surface area contributed by atoms with E-state index in [-0.39, 0.29) is 0 Å². The van der Waals surface area contributed by atoms with Crippen LogP contribution in [0.15, 0.2) is 18.2 Å². The highest BCUT2D eigenvalue weighted by Gasteiger charge is 2.22. The van der Waals surface area contributed by atoms with E-state index in [4.69, 9.17) is 0 Å². The quantitative estimate of drug-likeness (QED) is 0.837. The zero-order chi connectivity index (χ0) is 11.5. The van der Waals surface area contributed by atoms with Gasteiger partial charge in [-0.1, -0.05) is 19.1 Å². The minimum absolute atomic E-state index is 0.643. The molecule has 16 heavy (non-hydrogen) atoms. The monoisotopic (exact) mass is 218 g/mol. The zero-order valence-corrected chi connectivity index (χ0v) is 10.6. The van der Waals surface area contributed by atoms with Crippen molar-refractivity contribution in [2.45, 2.75) is 32.2 Å². The van der Waals surface area contributed by atoms with Crippen molar-refractivity contribution < 1.29 is 0 Å². The highest BCUT2D eigenvalue weighted by Crippen LogP contribution is 2.30. The number of rotatable bonds is 3. The number of nitrogens with one attached hydrogen (secondary N) is 1. The maximum atomic E-state index is 3.28. The summed E-state index contributed by atoms with van der Waals surface area (Å²) in [4.78, 5) is 2.43. The summed E-state index contributed by atoms with van der Waals surface area (Å²) < 4.78 is 0. The molecule has 1 atom stereocenters. The van der Waals surface area contributed by atoms with Crippen molar-refractivity contribution in [3.05, 3.63) is 29.3 Å². The molecule has 0 saturated carbocycles. The third-order valence-electron chi connectivity index (χ3n) is 3.67. The first-order valence-electron chi connectivity index (χ1n) is 6.25. The Morgan fingerprint density at radius 3 is 2.94 bits per heavy atom. The molecular formula is C14H22N2. The van der Waals surface area contributed by atoms with Crippen molar-refractivity contribution >= 4 is 5.69 Å². The molecule has 2 heteroatoms. The number of hydrogen-bond donors (Lipinski definition) is 1. The summed E-state index contributed by atoms with van der Waals surface area (Å²) in [5, 5.41) is 3.28. The van der Waals surface area contributed by atoms with Crippen molar-refractivity contribution in [2.24, 2.45) is 0 Å². The molecule has 2 rings (SSSR count). The Kier molecular flexibility index (Phi) is 3.49. The zero-order valence-electron chi connectivity index (χ0n) is 10.6. The number of hydrogen-bond acceptors (Lipinski definition) is 2. The van der Waals surface area contributed by atoms with Gasteiger partial charge in [0.05, 0.1) is 0 Å². The predicted molar refractivity (Wildman–Crippen MR) is 70.3 cm³/mol. The Hall–Kier alpha value is -1.02. The van der Waals surface area contributed by atoms with E-state index in [0.717, 1.165) is 13.0 Å². The molecule has 0 radical (unpaired) electrons. The Bertz CT molecular complexity index is 360. The van der Waals surface area contributed by atoms with Crippen LogP contribution in [0.2, 0.25) is 0 Å². The first-order chi connectivity index (χ1) is 7.76. The molecule has 1 aliphatic heterocycles. The molecule has 1 N–H and O–H groups in total. The SMILES string of the molecule is CCc1ccc2c(c1)CCC(CNC)N2C. The summed E-state index contributed by atoms with van der Waals surface area (Å²) in [6.07, 6.45) is 3.62. The number of anilines is 1. The van der Waals surface area contributed by atoms with Crippen LogP contribution in [0.25, 0.3) is 0 Å². The summed E-state index contributed by atoms with van der Waals surface area (Å²) in [7, 11) is 4.25. The average Bonchev–Trinajstić information content (AvgIpc) is 2.32. The topological polar surface area (TPSA) is 15.3 Å². The third-order valence-corrected chi connectivity index (χ3v) is 3.67. The van der Waals surface area contributed by atoms with Gasteiger partial charge >= 0.3 is 0 Å². The smallest absolute Gasteiger partial charge is 0.0414 e. The lowest BCUT2D eigenvalue weighted by molar-refractivity contribution is 0.530. The van der Waals surface area contributed by atoms with Gasteiger partial charge in [-0.25, -0.2) is 0 Å². The van der Waals surface area contributed by atoms with Crippen molar-refractivity contribution in [3.8, 4) is 0 Å². The van der Waals surface area contributed by atoms with E-state index in [1.165, 1.54) is 29.7 Å². The van der Waals surface area contributed by atoms with Crippen LogP contribution in [0.4, 0.5) is 5.69 Å². The van der Waals surface area contributed by atoms with Crippen LogP contribution >= 0.6 is 0 Å². The van der Waals surface area contributed by atoms with E-state index in [1.54, 1.807) is 0 Å². The van der Waals surface area contributed by atoms with E-state index in [2.05, 4.69) is 42.4 Å². The fraction of sp³-hybridized carbons (Fsp3) is 0.571. The predicted octanol–water partition coefficient (Wildman–Crippen LogP) is 2.22. The van der Waals surface area contributed by atoms with Crippen LogP contribution in [0.3, 0.4) is 0 Å². The van der Waals surface area contributed by atoms with Gasteiger partial charge in [0.25, 0.3) is 0 Å². The first-order valence-corrected chi connectivity index (χ1v) is 6.25. The van der Waals surface area contributed by atoms with E-state index in [0.29, 0.717) is 6.04 Å². The second-order valence-electron chi connectivity index (χ2n) is 4.68. The molecule has 0 saturated heterocycles. The number of nitrogens with zero attached hydrogens (tertiary/aromatic N) is 1. The lowest BCUT2D eigenvalue weighted by Gasteiger charge is -2.36. The Labute approximate surface area is 98.7 Å². The second kappa shape index (κ2) is 4.88. The summed E-state index contributed by atoms with van der Waals surface area (Å²) in [5.74, 6) is 0. The fourth-order valence-corrected chi connectivity index (χ4v) is 2.59. The van der Waals surface area contributed by atoms with Crippen molar-refractivity contribution in [1.82, 2.24) is 5.32 Å². The highest BCUT2D eigenvalue weighted by molar-refractivity contribution is 5.57. The average molecular weight is 218 g/mol. The van der Waals surface area contributed by atoms with E-state index < -0.39 is 0 Å². The van der Waals surface area contributed by atoms with E-state index >= 15 is 0 Å². The molecule has 0 aliphatic carbocycles. The largest absolute Gasteiger partial charge is 0.370 e. The molecule has 0 bridgehead atoms. The molecule has 1 aliphatic rings. The summed E-state index contributed by atoms with van der Waals surface area (Å²) >= 11 is 0. The second-order valence-corrected chi connectivity index (χ2v) is 4.68. The van der Waals surface area contributed by atoms with Crippen LogP contribution in [-0.2, 0) is 12.8 Å². The molecule has 1 unspecified atom stereocenters. The summed E-state index contributed by atoms with van der Waals surface area (Å²) in [6.45, 7) is 3.30. The van der Waals surface area contributed by atoms with Gasteiger partial charge in [-0.05, 0) is 43.5 Å². The molecular weight excluding hydrogens is 196 g/mol. The number of likely N-dealkylation sites (N-methyl/N-ethyl adjacent to an activating group) is 2. The Balaban J connectivity index is 2.24. The van der Waals surface area contributed by atoms with E-state index in [1.807, 2.05) is 7.05 Å². The molecule has 0 spiro atoms. The van der Waals surface area contributed by atoms with Gasteiger partial charge in [-0.3, -0.25) is 0 Å². The van der Waals surface area contributed by atoms with Gasteiger partial charge in [0.15, 0.2) is 0 Å². The van der Waals surface area contributed by atoms with Crippen molar-refractivity contribution in [3.63, 3.8) is 0 Å².